The number of carboxylic acids is 1. The first-order valence-corrected chi connectivity index (χ1v) is 8.83. The van der Waals surface area contributed by atoms with Gasteiger partial charge in [-0.1, -0.05) is 37.3 Å². The van der Waals surface area contributed by atoms with Crippen LogP contribution in [0.1, 0.15) is 34.6 Å². The van der Waals surface area contributed by atoms with E-state index >= 15 is 0 Å². The van der Waals surface area contributed by atoms with Crippen LogP contribution in [0.15, 0.2) is 35.1 Å². The van der Waals surface area contributed by atoms with Gasteiger partial charge in [-0.2, -0.15) is 0 Å². The number of pyridine rings is 1. The van der Waals surface area contributed by atoms with Gasteiger partial charge in [0.2, 0.25) is 5.43 Å². The lowest BCUT2D eigenvalue weighted by Crippen LogP contribution is -2.33. The Labute approximate surface area is 167 Å². The maximum atomic E-state index is 14.7. The molecule has 0 bridgehead atoms. The van der Waals surface area contributed by atoms with E-state index in [1.807, 2.05) is 0 Å². The van der Waals surface area contributed by atoms with E-state index < -0.39 is 63.8 Å². The van der Waals surface area contributed by atoms with Gasteiger partial charge >= 0.3 is 5.97 Å². The molecule has 10 heteroatoms. The lowest BCUT2D eigenvalue weighted by molar-refractivity contribution is 0.0693. The maximum absolute atomic E-state index is 14.7. The van der Waals surface area contributed by atoms with Gasteiger partial charge in [0.1, 0.15) is 11.1 Å². The molecule has 0 fully saturated rings. The number of carbonyl (C=O) groups is 1. The Kier molecular flexibility index (Phi) is 5.79. The molecule has 2 aromatic carbocycles. The van der Waals surface area contributed by atoms with Crippen LogP contribution in [0.25, 0.3) is 10.9 Å². The number of nitrogens with zero attached hydrogens (tertiary/aromatic N) is 1. The Hall–Kier alpha value is -3.40. The third-order valence-electron chi connectivity index (χ3n) is 4.70. The van der Waals surface area contributed by atoms with E-state index in [0.717, 1.165) is 0 Å². The zero-order chi connectivity index (χ0) is 22.2. The number of hydrogen-bond donors (Lipinski definition) is 3. The highest BCUT2D eigenvalue weighted by Gasteiger charge is 2.30. The SMILES string of the molecule is CCc1c(C(=O)O)c(=O)c2c(F)c(F)c(F)c(F)c2n1NC(CO)c1ccccc1. The second-order valence-electron chi connectivity index (χ2n) is 6.40. The Bertz CT molecular complexity index is 1200. The largest absolute Gasteiger partial charge is 0.477 e. The fourth-order valence-corrected chi connectivity index (χ4v) is 3.30. The molecule has 1 heterocycles. The van der Waals surface area contributed by atoms with Crippen molar-refractivity contribution < 1.29 is 32.6 Å². The van der Waals surface area contributed by atoms with Gasteiger partial charge in [0.05, 0.1) is 23.7 Å². The highest BCUT2D eigenvalue weighted by atomic mass is 19.2. The summed E-state index contributed by atoms with van der Waals surface area (Å²) >= 11 is 0. The molecule has 6 nitrogen and oxygen atoms in total. The number of aliphatic hydroxyl groups excluding tert-OH is 1. The van der Waals surface area contributed by atoms with Crippen molar-refractivity contribution in [2.75, 3.05) is 12.0 Å². The maximum Gasteiger partial charge on any atom is 0.341 e. The predicted octanol–water partition coefficient (Wildman–Crippen LogP) is 3.10. The molecule has 3 rings (SSSR count). The lowest BCUT2D eigenvalue weighted by Gasteiger charge is -2.26. The van der Waals surface area contributed by atoms with Crippen LogP contribution in [0.5, 0.6) is 0 Å². The summed E-state index contributed by atoms with van der Waals surface area (Å²) in [7, 11) is 0. The summed E-state index contributed by atoms with van der Waals surface area (Å²) in [5.74, 6) is -10.0. The Morgan fingerprint density at radius 1 is 1.07 bits per heavy atom. The molecule has 0 aliphatic rings. The van der Waals surface area contributed by atoms with Gasteiger partial charge in [-0.05, 0) is 12.0 Å². The molecule has 3 aromatic rings. The summed E-state index contributed by atoms with van der Waals surface area (Å²) in [5, 5.41) is 18.0. The van der Waals surface area contributed by atoms with Gasteiger partial charge < -0.3 is 15.6 Å². The summed E-state index contributed by atoms with van der Waals surface area (Å²) in [5.41, 5.74) is -0.613. The molecule has 0 amide bonds. The predicted molar refractivity (Wildman–Crippen MR) is 100 cm³/mol. The minimum atomic E-state index is -2.23. The normalized spacial score (nSPS) is 12.2. The first kappa shape index (κ1) is 21.3. The van der Waals surface area contributed by atoms with E-state index in [1.165, 1.54) is 6.92 Å². The van der Waals surface area contributed by atoms with Gasteiger partial charge in [-0.25, -0.2) is 22.4 Å². The molecule has 0 aliphatic heterocycles. The van der Waals surface area contributed by atoms with Gasteiger partial charge in [-0.3, -0.25) is 9.47 Å². The van der Waals surface area contributed by atoms with Gasteiger partial charge in [-0.15, -0.1) is 0 Å². The van der Waals surface area contributed by atoms with Crippen molar-refractivity contribution in [3.05, 3.63) is 80.6 Å². The van der Waals surface area contributed by atoms with Crippen LogP contribution in [-0.4, -0.2) is 27.5 Å². The summed E-state index contributed by atoms with van der Waals surface area (Å²) in [6.07, 6.45) is -0.160. The number of nitrogens with one attached hydrogen (secondary N) is 1. The standard InChI is InChI=1S/C20H16F4N2O4/c1-2-11-12(20(29)30)19(28)13-14(21)15(22)16(23)17(24)18(13)26(11)25-10(8-27)9-6-4-3-5-7-9/h3-7,10,25,27H,2,8H2,1H3,(H,29,30). The fraction of sp³-hybridized carbons (Fsp3) is 0.200. The number of benzene rings is 2. The van der Waals surface area contributed by atoms with E-state index in [4.69, 9.17) is 0 Å². The summed E-state index contributed by atoms with van der Waals surface area (Å²) in [6, 6.07) is 7.20. The zero-order valence-electron chi connectivity index (χ0n) is 15.5. The van der Waals surface area contributed by atoms with Crippen molar-refractivity contribution in [2.24, 2.45) is 0 Å². The third kappa shape index (κ3) is 3.28. The Morgan fingerprint density at radius 3 is 2.20 bits per heavy atom. The van der Waals surface area contributed by atoms with Crippen molar-refractivity contribution in [1.82, 2.24) is 4.68 Å². The molecule has 158 valence electrons. The number of hydrogen-bond acceptors (Lipinski definition) is 4. The van der Waals surface area contributed by atoms with Crippen LogP contribution in [0, 0.1) is 23.3 Å². The first-order valence-electron chi connectivity index (χ1n) is 8.83. The van der Waals surface area contributed by atoms with Crippen LogP contribution in [0.3, 0.4) is 0 Å². The fourth-order valence-electron chi connectivity index (χ4n) is 3.30. The lowest BCUT2D eigenvalue weighted by atomic mass is 10.0. The molecular formula is C20H16F4N2O4. The number of fused-ring (bicyclic) bond motifs is 1. The van der Waals surface area contributed by atoms with E-state index in [1.54, 1.807) is 30.3 Å². The molecule has 1 aromatic heterocycles. The minimum Gasteiger partial charge on any atom is -0.477 e. The number of rotatable bonds is 6. The van der Waals surface area contributed by atoms with E-state index in [-0.39, 0.29) is 12.1 Å². The van der Waals surface area contributed by atoms with Crippen LogP contribution >= 0.6 is 0 Å². The molecule has 1 unspecified atom stereocenters. The van der Waals surface area contributed by atoms with Crippen molar-refractivity contribution in [2.45, 2.75) is 19.4 Å². The van der Waals surface area contributed by atoms with Crippen molar-refractivity contribution in [1.29, 1.82) is 0 Å². The Morgan fingerprint density at radius 2 is 1.67 bits per heavy atom. The number of aromatic carboxylic acids is 1. The smallest absolute Gasteiger partial charge is 0.341 e. The second kappa shape index (κ2) is 8.15. The van der Waals surface area contributed by atoms with Crippen LogP contribution in [0.4, 0.5) is 17.6 Å². The van der Waals surface area contributed by atoms with Gasteiger partial charge in [0.25, 0.3) is 0 Å². The highest BCUT2D eigenvalue weighted by Crippen LogP contribution is 2.28. The van der Waals surface area contributed by atoms with Crippen molar-refractivity contribution in [3.8, 4) is 0 Å². The van der Waals surface area contributed by atoms with Gasteiger partial charge in [0, 0.05) is 0 Å². The Balaban J connectivity index is 2.46. The van der Waals surface area contributed by atoms with E-state index in [0.29, 0.717) is 10.2 Å². The second-order valence-corrected chi connectivity index (χ2v) is 6.40. The molecule has 0 saturated heterocycles. The molecule has 3 N–H and O–H groups in total. The monoisotopic (exact) mass is 424 g/mol. The molecular weight excluding hydrogens is 408 g/mol. The zero-order valence-corrected chi connectivity index (χ0v) is 15.5. The summed E-state index contributed by atoms with van der Waals surface area (Å²) in [6.45, 7) is 0.868. The van der Waals surface area contributed by atoms with E-state index in [9.17, 15) is 37.4 Å². The summed E-state index contributed by atoms with van der Waals surface area (Å²) in [4.78, 5) is 24.3. The van der Waals surface area contributed by atoms with Crippen LogP contribution < -0.4 is 10.9 Å². The van der Waals surface area contributed by atoms with E-state index in [2.05, 4.69) is 5.43 Å². The number of halogens is 4. The van der Waals surface area contributed by atoms with Crippen molar-refractivity contribution >= 4 is 16.9 Å². The van der Waals surface area contributed by atoms with Crippen LogP contribution in [0.2, 0.25) is 0 Å². The highest BCUT2D eigenvalue weighted by molar-refractivity contribution is 5.94. The molecule has 0 radical (unpaired) electrons. The first-order chi connectivity index (χ1) is 14.2. The third-order valence-corrected chi connectivity index (χ3v) is 4.70. The molecule has 0 spiro atoms. The molecule has 30 heavy (non-hydrogen) atoms. The average Bonchev–Trinajstić information content (AvgIpc) is 2.74. The molecule has 0 saturated carbocycles. The topological polar surface area (TPSA) is 91.6 Å². The van der Waals surface area contributed by atoms with Crippen LogP contribution in [-0.2, 0) is 6.42 Å². The summed E-state index contributed by atoms with van der Waals surface area (Å²) < 4.78 is 57.6. The van der Waals surface area contributed by atoms with Gasteiger partial charge in [0.15, 0.2) is 23.3 Å². The minimum absolute atomic E-state index is 0.160. The number of aliphatic hydroxyl groups is 1. The number of aromatic nitrogens is 1. The molecule has 1 atom stereocenters. The average molecular weight is 424 g/mol. The quantitative estimate of drug-likeness (QED) is 0.321. The van der Waals surface area contributed by atoms with Crippen molar-refractivity contribution in [3.63, 3.8) is 0 Å². The number of carboxylic acid groups (broad SMARTS) is 1. The molecule has 0 aliphatic carbocycles.